The second-order valence-electron chi connectivity index (χ2n) is 4.99. The van der Waals surface area contributed by atoms with Gasteiger partial charge in [-0.05, 0) is 43.2 Å². The molecule has 3 nitrogen and oxygen atoms in total. The van der Waals surface area contributed by atoms with Crippen LogP contribution in [0.15, 0.2) is 30.3 Å². The lowest BCUT2D eigenvalue weighted by Crippen LogP contribution is -2.02. The number of hydrogen-bond acceptors (Lipinski definition) is 3. The van der Waals surface area contributed by atoms with E-state index in [0.29, 0.717) is 23.1 Å². The highest BCUT2D eigenvalue weighted by atomic mass is 35.5. The quantitative estimate of drug-likeness (QED) is 0.876. The van der Waals surface area contributed by atoms with Gasteiger partial charge in [-0.3, -0.25) is 0 Å². The summed E-state index contributed by atoms with van der Waals surface area (Å²) in [6.07, 6.45) is 0. The molecule has 0 unspecified atom stereocenters. The normalized spacial score (nSPS) is 10.3. The zero-order valence-electron chi connectivity index (χ0n) is 12.8. The van der Waals surface area contributed by atoms with Gasteiger partial charge >= 0.3 is 0 Å². The summed E-state index contributed by atoms with van der Waals surface area (Å²) in [5.74, 6) is 1.21. The maximum Gasteiger partial charge on any atom is 0.179 e. The van der Waals surface area contributed by atoms with E-state index in [1.54, 1.807) is 14.2 Å². The van der Waals surface area contributed by atoms with E-state index in [1.807, 2.05) is 12.1 Å². The topological polar surface area (TPSA) is 30.5 Å². The lowest BCUT2D eigenvalue weighted by molar-refractivity contribution is 0.355. The molecule has 0 aliphatic carbocycles. The van der Waals surface area contributed by atoms with E-state index in [0.717, 1.165) is 11.3 Å². The Balaban J connectivity index is 2.18. The summed E-state index contributed by atoms with van der Waals surface area (Å²) >= 11 is 6.21. The summed E-state index contributed by atoms with van der Waals surface area (Å²) in [7, 11) is 3.19. The van der Waals surface area contributed by atoms with Crippen molar-refractivity contribution in [2.75, 3.05) is 19.5 Å². The van der Waals surface area contributed by atoms with Gasteiger partial charge in [0.05, 0.1) is 19.2 Å². The van der Waals surface area contributed by atoms with E-state index in [-0.39, 0.29) is 0 Å². The minimum atomic E-state index is 0.550. The molecule has 0 amide bonds. The summed E-state index contributed by atoms with van der Waals surface area (Å²) in [5.41, 5.74) is 4.64. The third kappa shape index (κ3) is 3.61. The minimum Gasteiger partial charge on any atom is -0.493 e. The Labute approximate surface area is 130 Å². The number of anilines is 1. The molecule has 1 N–H and O–H groups in total. The molecule has 21 heavy (non-hydrogen) atoms. The number of hydrogen-bond donors (Lipinski definition) is 1. The maximum atomic E-state index is 6.21. The summed E-state index contributed by atoms with van der Waals surface area (Å²) in [5, 5.41) is 3.97. The number of ether oxygens (including phenoxy) is 2. The molecular weight excluding hydrogens is 286 g/mol. The van der Waals surface area contributed by atoms with Crippen LogP contribution >= 0.6 is 11.6 Å². The fourth-order valence-electron chi connectivity index (χ4n) is 2.28. The number of benzene rings is 2. The monoisotopic (exact) mass is 305 g/mol. The molecule has 2 aromatic rings. The first-order chi connectivity index (χ1) is 10.0. The Morgan fingerprint density at radius 1 is 1.05 bits per heavy atom. The van der Waals surface area contributed by atoms with Crippen molar-refractivity contribution in [3.05, 3.63) is 52.0 Å². The van der Waals surface area contributed by atoms with Gasteiger partial charge in [0.1, 0.15) is 0 Å². The Hall–Kier alpha value is -1.87. The SMILES string of the molecule is COc1cc(CNc2ccc(C)cc2C)cc(Cl)c1OC. The molecule has 0 heterocycles. The first-order valence-electron chi connectivity index (χ1n) is 6.76. The van der Waals surface area contributed by atoms with Gasteiger partial charge in [-0.2, -0.15) is 0 Å². The van der Waals surface area contributed by atoms with Crippen LogP contribution in [-0.2, 0) is 6.54 Å². The van der Waals surface area contributed by atoms with E-state index in [2.05, 4.69) is 37.4 Å². The Kier molecular flexibility index (Phi) is 4.97. The van der Waals surface area contributed by atoms with E-state index < -0.39 is 0 Å². The average molecular weight is 306 g/mol. The molecule has 2 aromatic carbocycles. The van der Waals surface area contributed by atoms with Gasteiger partial charge in [0.25, 0.3) is 0 Å². The average Bonchev–Trinajstić information content (AvgIpc) is 2.45. The van der Waals surface area contributed by atoms with Gasteiger partial charge < -0.3 is 14.8 Å². The van der Waals surface area contributed by atoms with Crippen molar-refractivity contribution in [2.45, 2.75) is 20.4 Å². The molecule has 0 saturated heterocycles. The van der Waals surface area contributed by atoms with Gasteiger partial charge in [-0.25, -0.2) is 0 Å². The fraction of sp³-hybridized carbons (Fsp3) is 0.294. The highest BCUT2D eigenvalue weighted by Crippen LogP contribution is 2.36. The Morgan fingerprint density at radius 2 is 1.81 bits per heavy atom. The van der Waals surface area contributed by atoms with Crippen molar-refractivity contribution < 1.29 is 9.47 Å². The first kappa shape index (κ1) is 15.5. The molecular formula is C17H20ClNO2. The van der Waals surface area contributed by atoms with Crippen LogP contribution in [0.2, 0.25) is 5.02 Å². The molecule has 2 rings (SSSR count). The minimum absolute atomic E-state index is 0.550. The van der Waals surface area contributed by atoms with Gasteiger partial charge in [0.2, 0.25) is 0 Å². The molecule has 0 aliphatic rings. The molecule has 0 saturated carbocycles. The summed E-state index contributed by atoms with van der Waals surface area (Å²) in [4.78, 5) is 0. The summed E-state index contributed by atoms with van der Waals surface area (Å²) in [6, 6.07) is 10.2. The predicted molar refractivity (Wildman–Crippen MR) is 87.8 cm³/mol. The lowest BCUT2D eigenvalue weighted by atomic mass is 10.1. The highest BCUT2D eigenvalue weighted by Gasteiger charge is 2.11. The number of rotatable bonds is 5. The van der Waals surface area contributed by atoms with Crippen molar-refractivity contribution >= 4 is 17.3 Å². The summed E-state index contributed by atoms with van der Waals surface area (Å²) < 4.78 is 10.6. The van der Waals surface area contributed by atoms with Crippen LogP contribution in [0, 0.1) is 13.8 Å². The number of methoxy groups -OCH3 is 2. The molecule has 0 bridgehead atoms. The van der Waals surface area contributed by atoms with Crippen LogP contribution in [0.1, 0.15) is 16.7 Å². The second kappa shape index (κ2) is 6.72. The third-order valence-electron chi connectivity index (χ3n) is 3.36. The van der Waals surface area contributed by atoms with Gasteiger partial charge in [0.15, 0.2) is 11.5 Å². The standard InChI is InChI=1S/C17H20ClNO2/c1-11-5-6-15(12(2)7-11)19-10-13-8-14(18)17(21-4)16(9-13)20-3/h5-9,19H,10H2,1-4H3. The molecule has 0 spiro atoms. The van der Waals surface area contributed by atoms with E-state index in [9.17, 15) is 0 Å². The molecule has 0 radical (unpaired) electrons. The number of nitrogens with one attached hydrogen (secondary N) is 1. The zero-order valence-corrected chi connectivity index (χ0v) is 13.5. The van der Waals surface area contributed by atoms with Crippen molar-refractivity contribution in [3.8, 4) is 11.5 Å². The van der Waals surface area contributed by atoms with Crippen LogP contribution in [0.4, 0.5) is 5.69 Å². The van der Waals surface area contributed by atoms with E-state index in [4.69, 9.17) is 21.1 Å². The largest absolute Gasteiger partial charge is 0.493 e. The van der Waals surface area contributed by atoms with Gasteiger partial charge in [-0.1, -0.05) is 29.3 Å². The van der Waals surface area contributed by atoms with Crippen LogP contribution in [0.3, 0.4) is 0 Å². The van der Waals surface area contributed by atoms with Crippen LogP contribution in [0.5, 0.6) is 11.5 Å². The van der Waals surface area contributed by atoms with E-state index in [1.165, 1.54) is 11.1 Å². The second-order valence-corrected chi connectivity index (χ2v) is 5.39. The van der Waals surface area contributed by atoms with Crippen molar-refractivity contribution in [3.63, 3.8) is 0 Å². The molecule has 0 aliphatic heterocycles. The maximum absolute atomic E-state index is 6.21. The first-order valence-corrected chi connectivity index (χ1v) is 7.14. The third-order valence-corrected chi connectivity index (χ3v) is 3.64. The Morgan fingerprint density at radius 3 is 2.43 bits per heavy atom. The predicted octanol–water partition coefficient (Wildman–Crippen LogP) is 4.59. The molecule has 0 aromatic heterocycles. The molecule has 112 valence electrons. The van der Waals surface area contributed by atoms with Crippen LogP contribution in [-0.4, -0.2) is 14.2 Å². The van der Waals surface area contributed by atoms with Gasteiger partial charge in [0, 0.05) is 12.2 Å². The van der Waals surface area contributed by atoms with E-state index >= 15 is 0 Å². The van der Waals surface area contributed by atoms with Crippen molar-refractivity contribution in [1.82, 2.24) is 0 Å². The smallest absolute Gasteiger partial charge is 0.179 e. The zero-order chi connectivity index (χ0) is 15.4. The molecule has 0 fully saturated rings. The van der Waals surface area contributed by atoms with Crippen LogP contribution in [0.25, 0.3) is 0 Å². The molecule has 0 atom stereocenters. The van der Waals surface area contributed by atoms with Crippen molar-refractivity contribution in [1.29, 1.82) is 0 Å². The Bertz CT molecular complexity index is 641. The lowest BCUT2D eigenvalue weighted by Gasteiger charge is -2.14. The summed E-state index contributed by atoms with van der Waals surface area (Å²) in [6.45, 7) is 4.85. The molecule has 4 heteroatoms. The highest BCUT2D eigenvalue weighted by molar-refractivity contribution is 6.32. The number of aryl methyl sites for hydroxylation is 2. The number of halogens is 1. The van der Waals surface area contributed by atoms with Gasteiger partial charge in [-0.15, -0.1) is 0 Å². The van der Waals surface area contributed by atoms with Crippen LogP contribution < -0.4 is 14.8 Å². The fourth-order valence-corrected chi connectivity index (χ4v) is 2.59. The van der Waals surface area contributed by atoms with Crippen molar-refractivity contribution in [2.24, 2.45) is 0 Å².